The Kier molecular flexibility index (Phi) is 40.8. The lowest BCUT2D eigenvalue weighted by Gasteiger charge is -2.26. The van der Waals surface area contributed by atoms with Crippen LogP contribution in [-0.4, -0.2) is 62.3 Å². The van der Waals surface area contributed by atoms with Gasteiger partial charge in [-0.05, 0) is 71.8 Å². The molecule has 0 saturated heterocycles. The molecule has 0 aliphatic heterocycles. The van der Waals surface area contributed by atoms with E-state index in [-0.39, 0.29) is 0 Å². The number of unbranched alkanes of at least 4 members (excludes halogenated alkanes) is 24. The van der Waals surface area contributed by atoms with E-state index in [0.717, 1.165) is 13.0 Å². The van der Waals surface area contributed by atoms with Crippen molar-refractivity contribution in [2.24, 2.45) is 0 Å². The summed E-state index contributed by atoms with van der Waals surface area (Å²) >= 11 is 0. The molecule has 0 unspecified atom stereocenters. The maximum atomic E-state index is 5.45. The van der Waals surface area contributed by atoms with E-state index >= 15 is 0 Å². The summed E-state index contributed by atoms with van der Waals surface area (Å²) in [7, 11) is 0. The Morgan fingerprint density at radius 3 is 0.913 bits per heavy atom. The third-order valence-corrected chi connectivity index (χ3v) is 9.67. The molecule has 0 aromatic heterocycles. The monoisotopic (exact) mass is 654 g/mol. The molecule has 0 aromatic rings. The van der Waals surface area contributed by atoms with Crippen LogP contribution >= 0.6 is 0 Å². The molecular weight excluding hydrogens is 566 g/mol. The summed E-state index contributed by atoms with van der Waals surface area (Å²) in [4.78, 5) is 16.1. The van der Waals surface area contributed by atoms with Gasteiger partial charge < -0.3 is 9.80 Å². The lowest BCUT2D eigenvalue weighted by molar-refractivity contribution is -0.168. The molecule has 0 atom stereocenters. The van der Waals surface area contributed by atoms with Crippen LogP contribution in [0.15, 0.2) is 0 Å². The number of hydrogen-bond acceptors (Lipinski definition) is 5. The van der Waals surface area contributed by atoms with Gasteiger partial charge in [-0.3, -0.25) is 9.68 Å². The number of hydrogen-bond donors (Lipinski definition) is 1. The van der Waals surface area contributed by atoms with Crippen LogP contribution < -0.4 is 5.64 Å². The molecule has 0 saturated carbocycles. The highest BCUT2D eigenvalue weighted by molar-refractivity contribution is 4.65. The predicted molar refractivity (Wildman–Crippen MR) is 205 cm³/mol. The quantitative estimate of drug-likeness (QED) is 0.0525. The van der Waals surface area contributed by atoms with Crippen molar-refractivity contribution in [2.45, 2.75) is 214 Å². The average Bonchev–Trinajstić information content (AvgIpc) is 3.06. The Bertz CT molecular complexity index is 514. The van der Waals surface area contributed by atoms with Gasteiger partial charge in [0.15, 0.2) is 0 Å². The highest BCUT2D eigenvalue weighted by Gasteiger charge is 2.09. The third-order valence-electron chi connectivity index (χ3n) is 9.67. The second kappa shape index (κ2) is 41.0. The van der Waals surface area contributed by atoms with Gasteiger partial charge in [-0.1, -0.05) is 181 Å². The van der Waals surface area contributed by atoms with Crippen LogP contribution in [0.1, 0.15) is 214 Å². The number of rotatable bonds is 41. The zero-order chi connectivity index (χ0) is 33.4. The highest BCUT2D eigenvalue weighted by atomic mass is 16.9. The van der Waals surface area contributed by atoms with E-state index < -0.39 is 0 Å². The van der Waals surface area contributed by atoms with Crippen molar-refractivity contribution >= 4 is 0 Å². The smallest absolute Gasteiger partial charge is 0.0721 e. The van der Waals surface area contributed by atoms with Crippen molar-refractivity contribution < 1.29 is 9.68 Å². The summed E-state index contributed by atoms with van der Waals surface area (Å²) in [6, 6.07) is 0. The van der Waals surface area contributed by atoms with E-state index in [1.165, 1.54) is 213 Å². The Balaban J connectivity index is 4.53. The minimum Gasteiger partial charge on any atom is -0.303 e. The SMILES string of the molecule is CCCCCCCCCCCN(CCCCCCCCCCC)CCCN(CCCCCCCCCCC)CCCONOCC. The Hall–Kier alpha value is -0.200. The van der Waals surface area contributed by atoms with Crippen LogP contribution in [0.5, 0.6) is 0 Å². The maximum Gasteiger partial charge on any atom is 0.0721 e. The molecule has 0 aliphatic rings. The topological polar surface area (TPSA) is 37.0 Å². The Labute approximate surface area is 291 Å². The van der Waals surface area contributed by atoms with Gasteiger partial charge in [-0.25, -0.2) is 0 Å². The molecule has 46 heavy (non-hydrogen) atoms. The van der Waals surface area contributed by atoms with Gasteiger partial charge in [0.05, 0.1) is 13.2 Å². The number of nitrogens with one attached hydrogen (secondary N) is 1. The van der Waals surface area contributed by atoms with Crippen molar-refractivity contribution in [3.8, 4) is 0 Å². The van der Waals surface area contributed by atoms with Gasteiger partial charge in [0, 0.05) is 6.54 Å². The van der Waals surface area contributed by atoms with E-state index in [4.69, 9.17) is 9.68 Å². The van der Waals surface area contributed by atoms with Gasteiger partial charge in [0.1, 0.15) is 0 Å². The summed E-state index contributed by atoms with van der Waals surface area (Å²) in [6.07, 6.45) is 40.6. The van der Waals surface area contributed by atoms with Crippen molar-refractivity contribution in [1.82, 2.24) is 15.4 Å². The zero-order valence-corrected chi connectivity index (χ0v) is 32.4. The minimum absolute atomic E-state index is 0.624. The maximum absolute atomic E-state index is 5.45. The van der Waals surface area contributed by atoms with Gasteiger partial charge in [0.2, 0.25) is 0 Å². The summed E-state index contributed by atoms with van der Waals surface area (Å²) in [5.74, 6) is 0. The summed E-state index contributed by atoms with van der Waals surface area (Å²) in [5.41, 5.74) is 2.61. The molecule has 278 valence electrons. The van der Waals surface area contributed by atoms with Gasteiger partial charge >= 0.3 is 0 Å². The molecule has 0 bridgehead atoms. The average molecular weight is 654 g/mol. The van der Waals surface area contributed by atoms with Crippen LogP contribution in [0.4, 0.5) is 0 Å². The number of nitrogens with zero attached hydrogens (tertiary/aromatic N) is 2. The van der Waals surface area contributed by atoms with Crippen LogP contribution in [-0.2, 0) is 9.68 Å². The minimum atomic E-state index is 0.624. The summed E-state index contributed by atoms with van der Waals surface area (Å²) < 4.78 is 0. The fraction of sp³-hybridized carbons (Fsp3) is 1.00. The lowest BCUT2D eigenvalue weighted by Crippen LogP contribution is -2.33. The molecule has 0 rings (SSSR count). The van der Waals surface area contributed by atoms with Gasteiger partial charge in [-0.15, -0.1) is 0 Å². The first kappa shape index (κ1) is 45.8. The molecule has 0 heterocycles. The second-order valence-electron chi connectivity index (χ2n) is 14.2. The molecule has 5 nitrogen and oxygen atoms in total. The van der Waals surface area contributed by atoms with E-state index in [0.29, 0.717) is 13.2 Å². The molecule has 0 aliphatic carbocycles. The molecular formula is C41H87N3O2. The zero-order valence-electron chi connectivity index (χ0n) is 32.4. The molecule has 0 amide bonds. The molecule has 0 aromatic carbocycles. The third kappa shape index (κ3) is 36.6. The first-order chi connectivity index (χ1) is 22.8. The van der Waals surface area contributed by atoms with Crippen molar-refractivity contribution in [2.75, 3.05) is 52.5 Å². The van der Waals surface area contributed by atoms with Crippen LogP contribution in [0, 0.1) is 0 Å². The van der Waals surface area contributed by atoms with Crippen molar-refractivity contribution in [1.29, 1.82) is 0 Å². The predicted octanol–water partition coefficient (Wildman–Crippen LogP) is 12.4. The van der Waals surface area contributed by atoms with Crippen molar-refractivity contribution in [3.05, 3.63) is 0 Å². The van der Waals surface area contributed by atoms with Gasteiger partial charge in [-0.2, -0.15) is 0 Å². The Morgan fingerprint density at radius 2 is 0.587 bits per heavy atom. The van der Waals surface area contributed by atoms with Gasteiger partial charge in [0.25, 0.3) is 0 Å². The fourth-order valence-electron chi connectivity index (χ4n) is 6.63. The van der Waals surface area contributed by atoms with E-state index in [1.54, 1.807) is 0 Å². The van der Waals surface area contributed by atoms with E-state index in [1.807, 2.05) is 6.92 Å². The summed E-state index contributed by atoms with van der Waals surface area (Å²) in [6.45, 7) is 17.7. The Morgan fingerprint density at radius 1 is 0.304 bits per heavy atom. The fourth-order valence-corrected chi connectivity index (χ4v) is 6.63. The van der Waals surface area contributed by atoms with E-state index in [9.17, 15) is 0 Å². The van der Waals surface area contributed by atoms with Crippen LogP contribution in [0.25, 0.3) is 0 Å². The molecule has 0 spiro atoms. The molecule has 0 fully saturated rings. The van der Waals surface area contributed by atoms with E-state index in [2.05, 4.69) is 36.2 Å². The highest BCUT2D eigenvalue weighted by Crippen LogP contribution is 2.14. The molecule has 5 heteroatoms. The molecule has 0 radical (unpaired) electrons. The summed E-state index contributed by atoms with van der Waals surface area (Å²) in [5, 5.41) is 0. The standard InChI is InChI=1S/C41H87N3O2/c1-5-9-12-15-18-21-24-27-30-35-43(36-31-28-25-22-19-16-13-10-6-2)38-33-39-44(40-34-41-46-42-45-8-4)37-32-29-26-23-20-17-14-11-7-3/h42H,5-41H2,1-4H3. The largest absolute Gasteiger partial charge is 0.303 e. The first-order valence-electron chi connectivity index (χ1n) is 21.2. The van der Waals surface area contributed by atoms with Crippen LogP contribution in [0.2, 0.25) is 0 Å². The lowest BCUT2D eigenvalue weighted by atomic mass is 10.1. The van der Waals surface area contributed by atoms with Crippen LogP contribution in [0.3, 0.4) is 0 Å². The van der Waals surface area contributed by atoms with Crippen molar-refractivity contribution in [3.63, 3.8) is 0 Å². The normalized spacial score (nSPS) is 11.9. The first-order valence-corrected chi connectivity index (χ1v) is 21.2. The molecule has 1 N–H and O–H groups in total. The second-order valence-corrected chi connectivity index (χ2v) is 14.2.